The van der Waals surface area contributed by atoms with Crippen LogP contribution in [-0.2, 0) is 4.74 Å². The zero-order valence-corrected chi connectivity index (χ0v) is 11.0. The summed E-state index contributed by atoms with van der Waals surface area (Å²) in [6.07, 6.45) is 10.6. The van der Waals surface area contributed by atoms with Crippen LogP contribution in [0.25, 0.3) is 0 Å². The van der Waals surface area contributed by atoms with Gasteiger partial charge in [-0.15, -0.1) is 0 Å². The fraction of sp³-hybridized carbons (Fsp3) is 1.00. The summed E-state index contributed by atoms with van der Waals surface area (Å²) in [5.41, 5.74) is 0. The van der Waals surface area contributed by atoms with Crippen molar-refractivity contribution in [3.05, 3.63) is 0 Å². The zero-order valence-electron chi connectivity index (χ0n) is 11.0. The Kier molecular flexibility index (Phi) is 3.69. The van der Waals surface area contributed by atoms with Crippen LogP contribution in [0.15, 0.2) is 0 Å². The molecule has 3 fully saturated rings. The monoisotopic (exact) mass is 238 g/mol. The number of nitrogens with zero attached hydrogens (tertiary/aromatic N) is 1. The Hall–Kier alpha value is -0.120. The summed E-state index contributed by atoms with van der Waals surface area (Å²) in [5, 5.41) is 3.56. The second-order valence-electron chi connectivity index (χ2n) is 6.01. The van der Waals surface area contributed by atoms with Crippen molar-refractivity contribution in [1.29, 1.82) is 0 Å². The molecule has 3 aliphatic rings. The molecule has 0 radical (unpaired) electrons. The van der Waals surface area contributed by atoms with Crippen molar-refractivity contribution in [2.45, 2.75) is 69.2 Å². The van der Waals surface area contributed by atoms with Gasteiger partial charge in [-0.2, -0.15) is 0 Å². The fourth-order valence-corrected chi connectivity index (χ4v) is 3.98. The minimum absolute atomic E-state index is 0.537. The van der Waals surface area contributed by atoms with Gasteiger partial charge in [0.25, 0.3) is 0 Å². The van der Waals surface area contributed by atoms with Gasteiger partial charge in [-0.1, -0.05) is 19.3 Å². The van der Waals surface area contributed by atoms with Crippen LogP contribution in [0, 0.1) is 0 Å². The lowest BCUT2D eigenvalue weighted by Gasteiger charge is -2.41. The summed E-state index contributed by atoms with van der Waals surface area (Å²) in [6, 6.07) is 1.46. The highest BCUT2D eigenvalue weighted by molar-refractivity contribution is 4.93. The number of likely N-dealkylation sites (tertiary alicyclic amines) is 1. The Morgan fingerprint density at radius 1 is 0.941 bits per heavy atom. The van der Waals surface area contributed by atoms with Crippen LogP contribution in [0.4, 0.5) is 0 Å². The van der Waals surface area contributed by atoms with E-state index >= 15 is 0 Å². The van der Waals surface area contributed by atoms with E-state index in [1.807, 2.05) is 0 Å². The largest absolute Gasteiger partial charge is 0.372 e. The van der Waals surface area contributed by atoms with E-state index in [2.05, 4.69) is 17.3 Å². The summed E-state index contributed by atoms with van der Waals surface area (Å²) in [6.45, 7) is 2.36. The Labute approximate surface area is 105 Å². The first-order chi connectivity index (χ1) is 8.36. The normalized spacial score (nSPS) is 43.6. The van der Waals surface area contributed by atoms with Gasteiger partial charge in [-0.25, -0.2) is 0 Å². The lowest BCUT2D eigenvalue weighted by atomic mass is 10.0. The maximum absolute atomic E-state index is 5.96. The number of fused-ring (bicyclic) bond motifs is 2. The molecule has 2 aliphatic heterocycles. The van der Waals surface area contributed by atoms with E-state index in [1.54, 1.807) is 0 Å². The molecule has 0 amide bonds. The summed E-state index contributed by atoms with van der Waals surface area (Å²) in [7, 11) is 2.14. The third-order valence-electron chi connectivity index (χ3n) is 4.89. The van der Waals surface area contributed by atoms with Crippen molar-refractivity contribution in [2.75, 3.05) is 20.1 Å². The van der Waals surface area contributed by atoms with E-state index in [4.69, 9.17) is 4.74 Å². The molecule has 1 saturated carbocycles. The molecule has 4 atom stereocenters. The minimum atomic E-state index is 0.537. The minimum Gasteiger partial charge on any atom is -0.372 e. The van der Waals surface area contributed by atoms with E-state index < -0.39 is 0 Å². The van der Waals surface area contributed by atoms with Crippen molar-refractivity contribution in [3.8, 4) is 0 Å². The molecule has 0 aromatic heterocycles. The Bertz CT molecular complexity index is 247. The van der Waals surface area contributed by atoms with Gasteiger partial charge in [0.15, 0.2) is 0 Å². The highest BCUT2D eigenvalue weighted by atomic mass is 16.5. The van der Waals surface area contributed by atoms with Crippen LogP contribution in [0.1, 0.15) is 44.9 Å². The number of morpholine rings is 1. The highest BCUT2D eigenvalue weighted by Crippen LogP contribution is 2.31. The molecule has 3 heteroatoms. The van der Waals surface area contributed by atoms with E-state index in [-0.39, 0.29) is 0 Å². The Morgan fingerprint density at radius 3 is 2.35 bits per heavy atom. The SMILES string of the molecule is CNC1CCCCCC1N1CC2CCC(C1)O2. The first-order valence-electron chi connectivity index (χ1n) is 7.43. The molecule has 2 bridgehead atoms. The van der Waals surface area contributed by atoms with Crippen LogP contribution < -0.4 is 5.32 Å². The molecule has 2 saturated heterocycles. The second-order valence-corrected chi connectivity index (χ2v) is 6.01. The molecule has 3 nitrogen and oxygen atoms in total. The average Bonchev–Trinajstić information content (AvgIpc) is 2.57. The van der Waals surface area contributed by atoms with Crippen LogP contribution >= 0.6 is 0 Å². The average molecular weight is 238 g/mol. The number of hydrogen-bond acceptors (Lipinski definition) is 3. The predicted octanol–water partition coefficient (Wildman–Crippen LogP) is 1.77. The third-order valence-corrected chi connectivity index (χ3v) is 4.89. The maximum Gasteiger partial charge on any atom is 0.0707 e. The molecule has 0 aromatic carbocycles. The molecular weight excluding hydrogens is 212 g/mol. The Morgan fingerprint density at radius 2 is 1.65 bits per heavy atom. The quantitative estimate of drug-likeness (QED) is 0.742. The Balaban J connectivity index is 1.68. The third kappa shape index (κ3) is 2.51. The predicted molar refractivity (Wildman–Crippen MR) is 69.2 cm³/mol. The first-order valence-corrected chi connectivity index (χ1v) is 7.43. The van der Waals surface area contributed by atoms with E-state index in [0.29, 0.717) is 18.2 Å². The van der Waals surface area contributed by atoms with Gasteiger partial charge in [-0.3, -0.25) is 4.90 Å². The number of rotatable bonds is 2. The molecule has 1 N–H and O–H groups in total. The van der Waals surface area contributed by atoms with Gasteiger partial charge in [0, 0.05) is 25.2 Å². The van der Waals surface area contributed by atoms with Crippen LogP contribution in [0.3, 0.4) is 0 Å². The van der Waals surface area contributed by atoms with Crippen LogP contribution in [0.5, 0.6) is 0 Å². The van der Waals surface area contributed by atoms with E-state index in [9.17, 15) is 0 Å². The molecule has 0 aromatic rings. The van der Waals surface area contributed by atoms with Gasteiger partial charge in [0.05, 0.1) is 12.2 Å². The summed E-state index contributed by atoms with van der Waals surface area (Å²) in [4.78, 5) is 2.73. The van der Waals surface area contributed by atoms with Crippen molar-refractivity contribution in [1.82, 2.24) is 10.2 Å². The molecular formula is C14H26N2O. The van der Waals surface area contributed by atoms with Gasteiger partial charge in [0.2, 0.25) is 0 Å². The summed E-state index contributed by atoms with van der Waals surface area (Å²) < 4.78 is 5.96. The smallest absolute Gasteiger partial charge is 0.0707 e. The molecule has 4 unspecified atom stereocenters. The molecule has 1 aliphatic carbocycles. The van der Waals surface area contributed by atoms with Gasteiger partial charge >= 0.3 is 0 Å². The van der Waals surface area contributed by atoms with E-state index in [1.165, 1.54) is 58.0 Å². The molecule has 0 spiro atoms. The van der Waals surface area contributed by atoms with Crippen molar-refractivity contribution < 1.29 is 4.74 Å². The molecule has 2 heterocycles. The first kappa shape index (κ1) is 11.9. The maximum atomic E-state index is 5.96. The zero-order chi connectivity index (χ0) is 11.7. The molecule has 3 rings (SSSR count). The van der Waals surface area contributed by atoms with Crippen molar-refractivity contribution in [2.24, 2.45) is 0 Å². The van der Waals surface area contributed by atoms with Crippen LogP contribution in [0.2, 0.25) is 0 Å². The fourth-order valence-electron chi connectivity index (χ4n) is 3.98. The number of nitrogens with one attached hydrogen (secondary N) is 1. The van der Waals surface area contributed by atoms with Crippen LogP contribution in [-0.4, -0.2) is 49.3 Å². The number of likely N-dealkylation sites (N-methyl/N-ethyl adjacent to an activating group) is 1. The lowest BCUT2D eigenvalue weighted by Crippen LogP contribution is -2.54. The summed E-state index contributed by atoms with van der Waals surface area (Å²) >= 11 is 0. The lowest BCUT2D eigenvalue weighted by molar-refractivity contribution is -0.0582. The number of ether oxygens (including phenoxy) is 1. The highest BCUT2D eigenvalue weighted by Gasteiger charge is 2.38. The van der Waals surface area contributed by atoms with Gasteiger partial charge < -0.3 is 10.1 Å². The van der Waals surface area contributed by atoms with Gasteiger partial charge in [0.1, 0.15) is 0 Å². The number of hydrogen-bond donors (Lipinski definition) is 1. The van der Waals surface area contributed by atoms with E-state index in [0.717, 1.165) is 6.04 Å². The van der Waals surface area contributed by atoms with Crippen molar-refractivity contribution in [3.63, 3.8) is 0 Å². The topological polar surface area (TPSA) is 24.5 Å². The summed E-state index contributed by atoms with van der Waals surface area (Å²) in [5.74, 6) is 0. The molecule has 17 heavy (non-hydrogen) atoms. The molecule has 98 valence electrons. The van der Waals surface area contributed by atoms with Crippen molar-refractivity contribution >= 4 is 0 Å². The second kappa shape index (κ2) is 5.25. The standard InChI is InChI=1S/C14H26N2O/c1-15-13-5-3-2-4-6-14(13)16-9-11-7-8-12(10-16)17-11/h11-15H,2-10H2,1H3. The van der Waals surface area contributed by atoms with Gasteiger partial charge in [-0.05, 0) is 32.7 Å².